The second-order valence-electron chi connectivity index (χ2n) is 5.68. The highest BCUT2D eigenvalue weighted by atomic mass is 14.1. The maximum Gasteiger partial charge on any atom is -0.00256 e. The molecule has 0 heteroatoms. The van der Waals surface area contributed by atoms with Crippen LogP contribution in [0.5, 0.6) is 0 Å². The molecule has 2 rings (SSSR count). The molecule has 2 aromatic carbocycles. The van der Waals surface area contributed by atoms with Gasteiger partial charge in [-0.3, -0.25) is 0 Å². The summed E-state index contributed by atoms with van der Waals surface area (Å²) in [7, 11) is 0. The van der Waals surface area contributed by atoms with Crippen LogP contribution in [0, 0.1) is 13.8 Å². The lowest BCUT2D eigenvalue weighted by Crippen LogP contribution is -1.95. The molecule has 0 heterocycles. The molecular weight excluding hydrogens is 252 g/mol. The first kappa shape index (κ1) is 15.3. The van der Waals surface area contributed by atoms with Crippen molar-refractivity contribution in [1.29, 1.82) is 0 Å². The van der Waals surface area contributed by atoms with E-state index in [1.807, 2.05) is 12.2 Å². The van der Waals surface area contributed by atoms with Crippen LogP contribution in [-0.4, -0.2) is 0 Å². The molecule has 0 aliphatic rings. The Hall–Kier alpha value is -2.08. The molecule has 0 unspecified atom stereocenters. The number of hydrogen-bond acceptors (Lipinski definition) is 0. The average Bonchev–Trinajstić information content (AvgIpc) is 2.47. The molecule has 0 aliphatic heterocycles. The lowest BCUT2D eigenvalue weighted by atomic mass is 9.95. The molecule has 21 heavy (non-hydrogen) atoms. The minimum atomic E-state index is 0.940. The van der Waals surface area contributed by atoms with E-state index in [-0.39, 0.29) is 0 Å². The molecular formula is C21H24. The van der Waals surface area contributed by atoms with Gasteiger partial charge in [0.05, 0.1) is 0 Å². The Bertz CT molecular complexity index is 590. The molecule has 0 saturated heterocycles. The van der Waals surface area contributed by atoms with Crippen molar-refractivity contribution in [2.75, 3.05) is 0 Å². The Morgan fingerprint density at radius 3 is 1.57 bits per heavy atom. The number of rotatable bonds is 6. The minimum absolute atomic E-state index is 0.940. The zero-order valence-corrected chi connectivity index (χ0v) is 13.2. The quantitative estimate of drug-likeness (QED) is 0.624. The monoisotopic (exact) mass is 276 g/mol. The summed E-state index contributed by atoms with van der Waals surface area (Å²) in [5.41, 5.74) is 8.17. The average molecular weight is 276 g/mol. The Morgan fingerprint density at radius 1 is 0.762 bits per heavy atom. The maximum atomic E-state index is 3.84. The van der Waals surface area contributed by atoms with Crippen LogP contribution in [0.4, 0.5) is 0 Å². The van der Waals surface area contributed by atoms with Gasteiger partial charge in [0.2, 0.25) is 0 Å². The van der Waals surface area contributed by atoms with Gasteiger partial charge in [-0.25, -0.2) is 0 Å². The molecule has 0 spiro atoms. The second kappa shape index (κ2) is 7.08. The Labute approximate surface area is 128 Å². The van der Waals surface area contributed by atoms with E-state index < -0.39 is 0 Å². The van der Waals surface area contributed by atoms with Gasteiger partial charge in [0.1, 0.15) is 0 Å². The van der Waals surface area contributed by atoms with Crippen molar-refractivity contribution < 1.29 is 0 Å². The molecule has 0 atom stereocenters. The summed E-state index contributed by atoms with van der Waals surface area (Å²) in [4.78, 5) is 0. The fourth-order valence-electron chi connectivity index (χ4n) is 2.66. The standard InChI is InChI=1S/C21H24/c1-5-7-20-14-18(11-9-16(20)3)13-19-12-10-17(4)21(15-19)8-6-2/h5-6,9-12,14-15H,1-2,7-8,13H2,3-4H3. The van der Waals surface area contributed by atoms with E-state index in [0.717, 1.165) is 19.3 Å². The van der Waals surface area contributed by atoms with Crippen LogP contribution in [0.15, 0.2) is 61.7 Å². The third-order valence-electron chi connectivity index (χ3n) is 3.96. The van der Waals surface area contributed by atoms with E-state index in [2.05, 4.69) is 63.4 Å². The number of allylic oxidation sites excluding steroid dienone is 2. The van der Waals surface area contributed by atoms with E-state index in [1.54, 1.807) is 0 Å². The van der Waals surface area contributed by atoms with Crippen LogP contribution in [0.2, 0.25) is 0 Å². The summed E-state index contributed by atoms with van der Waals surface area (Å²) in [5, 5.41) is 0. The fraction of sp³-hybridized carbons (Fsp3) is 0.238. The van der Waals surface area contributed by atoms with E-state index in [1.165, 1.54) is 33.4 Å². The molecule has 0 N–H and O–H groups in total. The fourth-order valence-corrected chi connectivity index (χ4v) is 2.66. The van der Waals surface area contributed by atoms with Crippen LogP contribution >= 0.6 is 0 Å². The molecule has 0 fully saturated rings. The van der Waals surface area contributed by atoms with Gasteiger partial charge in [0, 0.05) is 0 Å². The minimum Gasteiger partial charge on any atom is -0.103 e. The SMILES string of the molecule is C=CCc1cc(Cc2ccc(C)c(CC=C)c2)ccc1C. The molecule has 0 amide bonds. The number of hydrogen-bond donors (Lipinski definition) is 0. The number of benzene rings is 2. The van der Waals surface area contributed by atoms with Crippen LogP contribution in [0.3, 0.4) is 0 Å². The van der Waals surface area contributed by atoms with Crippen molar-refractivity contribution in [3.8, 4) is 0 Å². The lowest BCUT2D eigenvalue weighted by Gasteiger charge is -2.10. The zero-order chi connectivity index (χ0) is 15.2. The van der Waals surface area contributed by atoms with Crippen molar-refractivity contribution in [3.05, 3.63) is 95.1 Å². The Kier molecular flexibility index (Phi) is 5.16. The van der Waals surface area contributed by atoms with Gasteiger partial charge in [-0.15, -0.1) is 13.2 Å². The molecule has 0 radical (unpaired) electrons. The first-order valence-electron chi connectivity index (χ1n) is 7.52. The Balaban J connectivity index is 2.25. The third-order valence-corrected chi connectivity index (χ3v) is 3.96. The molecule has 0 aromatic heterocycles. The zero-order valence-electron chi connectivity index (χ0n) is 13.2. The largest absolute Gasteiger partial charge is 0.103 e. The molecule has 108 valence electrons. The van der Waals surface area contributed by atoms with Crippen LogP contribution in [-0.2, 0) is 19.3 Å². The van der Waals surface area contributed by atoms with Crippen molar-refractivity contribution in [2.45, 2.75) is 33.1 Å². The first-order chi connectivity index (χ1) is 10.1. The predicted octanol–water partition coefficient (Wildman–Crippen LogP) is 5.35. The summed E-state index contributed by atoms with van der Waals surface area (Å²) < 4.78 is 0. The highest BCUT2D eigenvalue weighted by Gasteiger charge is 2.03. The molecule has 2 aromatic rings. The lowest BCUT2D eigenvalue weighted by molar-refractivity contribution is 1.12. The molecule has 0 saturated carbocycles. The molecule has 0 aliphatic carbocycles. The van der Waals surface area contributed by atoms with E-state index in [9.17, 15) is 0 Å². The normalized spacial score (nSPS) is 10.4. The van der Waals surface area contributed by atoms with Crippen LogP contribution in [0.1, 0.15) is 33.4 Å². The van der Waals surface area contributed by atoms with Crippen molar-refractivity contribution in [3.63, 3.8) is 0 Å². The second-order valence-corrected chi connectivity index (χ2v) is 5.68. The van der Waals surface area contributed by atoms with Crippen molar-refractivity contribution in [1.82, 2.24) is 0 Å². The van der Waals surface area contributed by atoms with Gasteiger partial charge < -0.3 is 0 Å². The summed E-state index contributed by atoms with van der Waals surface area (Å²) in [6.07, 6.45) is 6.81. The maximum absolute atomic E-state index is 3.84. The van der Waals surface area contributed by atoms with Crippen LogP contribution in [0.25, 0.3) is 0 Å². The molecule has 0 bridgehead atoms. The van der Waals surface area contributed by atoms with E-state index in [4.69, 9.17) is 0 Å². The summed E-state index contributed by atoms with van der Waals surface area (Å²) >= 11 is 0. The van der Waals surface area contributed by atoms with Gasteiger partial charge >= 0.3 is 0 Å². The topological polar surface area (TPSA) is 0 Å². The van der Waals surface area contributed by atoms with Gasteiger partial charge in [-0.05, 0) is 66.5 Å². The highest BCUT2D eigenvalue weighted by molar-refractivity contribution is 5.38. The first-order valence-corrected chi connectivity index (χ1v) is 7.52. The Morgan fingerprint density at radius 2 is 1.19 bits per heavy atom. The van der Waals surface area contributed by atoms with Crippen molar-refractivity contribution >= 4 is 0 Å². The van der Waals surface area contributed by atoms with Gasteiger partial charge in [-0.2, -0.15) is 0 Å². The molecule has 0 nitrogen and oxygen atoms in total. The van der Waals surface area contributed by atoms with Gasteiger partial charge in [0.25, 0.3) is 0 Å². The van der Waals surface area contributed by atoms with E-state index in [0.29, 0.717) is 0 Å². The van der Waals surface area contributed by atoms with Gasteiger partial charge in [0.15, 0.2) is 0 Å². The van der Waals surface area contributed by atoms with Crippen molar-refractivity contribution in [2.24, 2.45) is 0 Å². The summed E-state index contributed by atoms with van der Waals surface area (Å²) in [6.45, 7) is 12.0. The van der Waals surface area contributed by atoms with Crippen LogP contribution < -0.4 is 0 Å². The third kappa shape index (κ3) is 3.95. The summed E-state index contributed by atoms with van der Waals surface area (Å²) in [5.74, 6) is 0. The smallest absolute Gasteiger partial charge is 0.00256 e. The summed E-state index contributed by atoms with van der Waals surface area (Å²) in [6, 6.07) is 13.5. The predicted molar refractivity (Wildman–Crippen MR) is 93.0 cm³/mol. The highest BCUT2D eigenvalue weighted by Crippen LogP contribution is 2.18. The van der Waals surface area contributed by atoms with Gasteiger partial charge in [-0.1, -0.05) is 48.6 Å². The van der Waals surface area contributed by atoms with E-state index >= 15 is 0 Å². The number of aryl methyl sites for hydroxylation is 2.